The highest BCUT2D eigenvalue weighted by Crippen LogP contribution is 2.19. The zero-order valence-corrected chi connectivity index (χ0v) is 39.9. The summed E-state index contributed by atoms with van der Waals surface area (Å²) >= 11 is 0. The van der Waals surface area contributed by atoms with Crippen LogP contribution < -0.4 is 10.6 Å². The molecule has 0 aromatic carbocycles. The summed E-state index contributed by atoms with van der Waals surface area (Å²) in [7, 11) is 0. The smallest absolute Gasteiger partial charge is 0.328 e. The standard InChI is InChI=1S/C53H94N2O7/c1-3-5-7-9-11-13-15-16-17-18-19-20-21-22-23-24-25-26-28-30-32-37-41-45-52(59)62-48(42-38-34-31-29-27-14-12-10-8-6-4-2)43-39-35-33-36-40-44-50(57)54-46-51(58)55-49(47-56)53(60)61/h5,7,11,13,16-17,19-20,48-49,56H,3-4,6,8-10,12,14-15,18,21-47H2,1-2H3,(H,54,57)(H,55,58)(H,60,61)/b7-5-,13-11-,17-16-,20-19-. The van der Waals surface area contributed by atoms with Crippen molar-refractivity contribution in [2.24, 2.45) is 0 Å². The highest BCUT2D eigenvalue weighted by Gasteiger charge is 2.19. The fraction of sp³-hybridized carbons (Fsp3) is 0.774. The third kappa shape index (κ3) is 43.4. The molecule has 2 unspecified atom stereocenters. The number of nitrogens with one attached hydrogen (secondary N) is 2. The van der Waals surface area contributed by atoms with Crippen LogP contribution in [-0.4, -0.2) is 59.3 Å². The molecular weight excluding hydrogens is 777 g/mol. The van der Waals surface area contributed by atoms with E-state index < -0.39 is 24.5 Å². The fourth-order valence-electron chi connectivity index (χ4n) is 7.47. The first-order valence-electron chi connectivity index (χ1n) is 25.5. The number of allylic oxidation sites excluding steroid dienone is 8. The van der Waals surface area contributed by atoms with Crippen molar-refractivity contribution in [1.29, 1.82) is 0 Å². The molecule has 2 amide bonds. The number of aliphatic carboxylic acids is 1. The van der Waals surface area contributed by atoms with Crippen molar-refractivity contribution in [2.45, 2.75) is 251 Å². The Morgan fingerprint density at radius 2 is 0.919 bits per heavy atom. The van der Waals surface area contributed by atoms with Crippen LogP contribution >= 0.6 is 0 Å². The maximum atomic E-state index is 12.9. The van der Waals surface area contributed by atoms with Crippen LogP contribution in [0, 0.1) is 0 Å². The Balaban J connectivity index is 4.19. The van der Waals surface area contributed by atoms with E-state index >= 15 is 0 Å². The molecule has 0 saturated heterocycles. The molecule has 0 aliphatic heterocycles. The summed E-state index contributed by atoms with van der Waals surface area (Å²) in [4.78, 5) is 47.8. The van der Waals surface area contributed by atoms with Crippen molar-refractivity contribution in [3.8, 4) is 0 Å². The van der Waals surface area contributed by atoms with E-state index in [1.165, 1.54) is 122 Å². The third-order valence-electron chi connectivity index (χ3n) is 11.3. The number of carboxylic acids is 1. The second kappa shape index (κ2) is 47.3. The second-order valence-electron chi connectivity index (χ2n) is 17.2. The van der Waals surface area contributed by atoms with Gasteiger partial charge in [0.2, 0.25) is 11.8 Å². The highest BCUT2D eigenvalue weighted by atomic mass is 16.5. The molecule has 0 bridgehead atoms. The van der Waals surface area contributed by atoms with Crippen LogP contribution in [0.25, 0.3) is 0 Å². The lowest BCUT2D eigenvalue weighted by atomic mass is 10.0. The van der Waals surface area contributed by atoms with Gasteiger partial charge in [-0.05, 0) is 77.0 Å². The van der Waals surface area contributed by atoms with Gasteiger partial charge >= 0.3 is 11.9 Å². The maximum Gasteiger partial charge on any atom is 0.328 e. The Bertz CT molecular complexity index is 1180. The van der Waals surface area contributed by atoms with Gasteiger partial charge in [-0.3, -0.25) is 14.4 Å². The number of aliphatic hydroxyl groups is 1. The summed E-state index contributed by atoms with van der Waals surface area (Å²) in [6.45, 7) is 3.39. The van der Waals surface area contributed by atoms with Gasteiger partial charge < -0.3 is 25.6 Å². The number of rotatable bonds is 46. The predicted octanol–water partition coefficient (Wildman–Crippen LogP) is 13.5. The van der Waals surface area contributed by atoms with E-state index in [1.54, 1.807) is 0 Å². The molecule has 0 aromatic heterocycles. The topological polar surface area (TPSA) is 142 Å². The minimum absolute atomic E-state index is 0.0153. The van der Waals surface area contributed by atoms with Gasteiger partial charge in [0, 0.05) is 12.8 Å². The summed E-state index contributed by atoms with van der Waals surface area (Å²) in [5.74, 6) is -2.29. The Kier molecular flexibility index (Phi) is 44.8. The number of unbranched alkanes of at least 4 members (excludes halogenated alkanes) is 24. The third-order valence-corrected chi connectivity index (χ3v) is 11.3. The van der Waals surface area contributed by atoms with E-state index in [4.69, 9.17) is 14.9 Å². The Hall–Kier alpha value is -3.20. The number of hydrogen-bond acceptors (Lipinski definition) is 6. The van der Waals surface area contributed by atoms with Crippen LogP contribution in [0.2, 0.25) is 0 Å². The summed E-state index contributed by atoms with van der Waals surface area (Å²) in [6.07, 6.45) is 57.2. The summed E-state index contributed by atoms with van der Waals surface area (Å²) in [6, 6.07) is -1.38. The molecule has 0 aliphatic rings. The number of esters is 1. The van der Waals surface area contributed by atoms with Crippen LogP contribution in [0.1, 0.15) is 239 Å². The molecule has 0 rings (SSSR count). The Morgan fingerprint density at radius 3 is 1.39 bits per heavy atom. The molecule has 62 heavy (non-hydrogen) atoms. The van der Waals surface area contributed by atoms with Crippen molar-refractivity contribution >= 4 is 23.8 Å². The lowest BCUT2D eigenvalue weighted by Gasteiger charge is -2.18. The van der Waals surface area contributed by atoms with Crippen molar-refractivity contribution in [1.82, 2.24) is 10.6 Å². The van der Waals surface area contributed by atoms with E-state index in [0.29, 0.717) is 19.3 Å². The average molecular weight is 871 g/mol. The molecule has 358 valence electrons. The van der Waals surface area contributed by atoms with Crippen LogP contribution in [-0.2, 0) is 23.9 Å². The monoisotopic (exact) mass is 871 g/mol. The molecule has 2 atom stereocenters. The number of amides is 2. The largest absolute Gasteiger partial charge is 0.480 e. The van der Waals surface area contributed by atoms with Crippen molar-refractivity contribution in [3.05, 3.63) is 48.6 Å². The lowest BCUT2D eigenvalue weighted by Crippen LogP contribution is -2.47. The summed E-state index contributed by atoms with van der Waals surface area (Å²) in [5, 5.41) is 22.6. The van der Waals surface area contributed by atoms with Gasteiger partial charge in [0.15, 0.2) is 0 Å². The highest BCUT2D eigenvalue weighted by molar-refractivity contribution is 5.87. The zero-order chi connectivity index (χ0) is 45.4. The summed E-state index contributed by atoms with van der Waals surface area (Å²) < 4.78 is 6.06. The molecule has 4 N–H and O–H groups in total. The number of hydrogen-bond donors (Lipinski definition) is 4. The van der Waals surface area contributed by atoms with Gasteiger partial charge in [0.1, 0.15) is 12.1 Å². The van der Waals surface area contributed by atoms with Gasteiger partial charge in [-0.25, -0.2) is 4.79 Å². The number of carbonyl (C=O) groups excluding carboxylic acids is 3. The molecule has 0 radical (unpaired) electrons. The lowest BCUT2D eigenvalue weighted by molar-refractivity contribution is -0.150. The van der Waals surface area contributed by atoms with Gasteiger partial charge in [-0.2, -0.15) is 0 Å². The van der Waals surface area contributed by atoms with Gasteiger partial charge in [0.25, 0.3) is 0 Å². The van der Waals surface area contributed by atoms with Crippen molar-refractivity contribution in [3.63, 3.8) is 0 Å². The molecule has 0 aromatic rings. The van der Waals surface area contributed by atoms with Crippen LogP contribution in [0.4, 0.5) is 0 Å². The molecule has 9 heteroatoms. The maximum absolute atomic E-state index is 12.9. The first-order valence-corrected chi connectivity index (χ1v) is 25.5. The number of aliphatic hydroxyl groups excluding tert-OH is 1. The Morgan fingerprint density at radius 1 is 0.500 bits per heavy atom. The quantitative estimate of drug-likeness (QED) is 0.0271. The molecular formula is C53H94N2O7. The number of carbonyl (C=O) groups is 4. The average Bonchev–Trinajstić information content (AvgIpc) is 3.26. The molecule has 0 fully saturated rings. The fourth-order valence-corrected chi connectivity index (χ4v) is 7.47. The zero-order valence-electron chi connectivity index (χ0n) is 39.9. The van der Waals surface area contributed by atoms with Crippen molar-refractivity contribution in [2.75, 3.05) is 13.2 Å². The number of carboxylic acid groups (broad SMARTS) is 1. The van der Waals surface area contributed by atoms with Crippen LogP contribution in [0.3, 0.4) is 0 Å². The Labute approximate surface area is 379 Å². The normalized spacial score (nSPS) is 12.8. The summed E-state index contributed by atoms with van der Waals surface area (Å²) in [5.41, 5.74) is 0. The van der Waals surface area contributed by atoms with Gasteiger partial charge in [-0.1, -0.05) is 197 Å². The number of ether oxygens (including phenoxy) is 1. The van der Waals surface area contributed by atoms with E-state index in [0.717, 1.165) is 83.5 Å². The van der Waals surface area contributed by atoms with E-state index in [2.05, 4.69) is 73.1 Å². The van der Waals surface area contributed by atoms with Crippen molar-refractivity contribution < 1.29 is 34.1 Å². The van der Waals surface area contributed by atoms with E-state index in [-0.39, 0.29) is 24.5 Å². The molecule has 0 saturated carbocycles. The SMILES string of the molecule is CC/C=C\C/C=C\C/C=C\C/C=C\CCCCCCCCCCCCC(=O)OC(CCCCCCCCCCCCC)CCCCCCCC(=O)NCC(=O)NC(CO)C(=O)O. The second-order valence-corrected chi connectivity index (χ2v) is 17.2. The predicted molar refractivity (Wildman–Crippen MR) is 259 cm³/mol. The molecule has 0 heterocycles. The van der Waals surface area contributed by atoms with E-state index in [1.807, 2.05) is 0 Å². The van der Waals surface area contributed by atoms with E-state index in [9.17, 15) is 19.2 Å². The minimum Gasteiger partial charge on any atom is -0.480 e. The minimum atomic E-state index is -1.38. The van der Waals surface area contributed by atoms with Crippen LogP contribution in [0.5, 0.6) is 0 Å². The molecule has 9 nitrogen and oxygen atoms in total. The molecule has 0 spiro atoms. The first-order chi connectivity index (χ1) is 30.3. The first kappa shape index (κ1) is 58.8. The van der Waals surface area contributed by atoms with Crippen LogP contribution in [0.15, 0.2) is 48.6 Å². The molecule has 0 aliphatic carbocycles. The van der Waals surface area contributed by atoms with Gasteiger partial charge in [0.05, 0.1) is 13.2 Å². The van der Waals surface area contributed by atoms with Gasteiger partial charge in [-0.15, -0.1) is 0 Å².